The number of rotatable bonds is 42. The molecule has 0 aliphatic heterocycles. The Morgan fingerprint density at radius 1 is 0.260 bits per heavy atom. The fraction of sp³-hybridized carbons (Fsp3) is 1.00. The molecule has 0 amide bonds. The normalized spacial score (nSPS) is 15.7. The minimum Gasteiger partial charge on any atom is -0.781 e. The molecule has 0 radical (unpaired) electrons. The zero-order valence-corrected chi connectivity index (χ0v) is 55.4. The van der Waals surface area contributed by atoms with Gasteiger partial charge in [0.1, 0.15) is 49.5 Å². The Balaban J connectivity index is -0.000000143. The molecule has 0 fully saturated rings. The van der Waals surface area contributed by atoms with Crippen molar-refractivity contribution in [3.8, 4) is 0 Å². The molecule has 12 atom stereocenters. The van der Waals surface area contributed by atoms with Crippen molar-refractivity contribution in [2.24, 2.45) is 35.5 Å². The van der Waals surface area contributed by atoms with Gasteiger partial charge in [-0.25, -0.2) is 0 Å². The van der Waals surface area contributed by atoms with Crippen molar-refractivity contribution in [2.75, 3.05) is 39.6 Å². The largest absolute Gasteiger partial charge is 6.00 e. The summed E-state index contributed by atoms with van der Waals surface area (Å²) in [6.07, 6.45) is 26.3. The Hall–Kier alpha value is 1.59. The fourth-order valence-electron chi connectivity index (χ4n) is 6.50. The van der Waals surface area contributed by atoms with Crippen LogP contribution >= 0.6 is 49.5 Å². The van der Waals surface area contributed by atoms with Crippen molar-refractivity contribution in [2.45, 2.75) is 237 Å². The van der Waals surface area contributed by atoms with Crippen LogP contribution in [0.1, 0.15) is 237 Å². The van der Waals surface area contributed by atoms with Crippen molar-refractivity contribution in [3.05, 3.63) is 0 Å². The summed E-state index contributed by atoms with van der Waals surface area (Å²) < 4.78 is 88.4. The zero-order valence-electron chi connectivity index (χ0n) is 47.4. The standard InChI is InChI=1S/6C8H19O3P.Mo/c6*1-3-5-6-8(4-2)7-11-12(9)10;/h6*8,12H,3-7H2,1-2H3,(H,9,10);/q;;;;;;+6/p-6. The second kappa shape index (κ2) is 71.6. The minimum absolute atomic E-state index is 0. The summed E-state index contributed by atoms with van der Waals surface area (Å²) in [6.45, 7) is 27.4. The van der Waals surface area contributed by atoms with Gasteiger partial charge in [-0.1, -0.05) is 199 Å². The molecule has 444 valence electrons. The van der Waals surface area contributed by atoms with Crippen molar-refractivity contribution < 1.29 is 105 Å². The van der Waals surface area contributed by atoms with E-state index in [-0.39, 0.29) is 21.1 Å². The summed E-state index contributed by atoms with van der Waals surface area (Å²) in [7, 11) is -17.8. The van der Waals surface area contributed by atoms with Gasteiger partial charge in [0.2, 0.25) is 0 Å². The van der Waals surface area contributed by atoms with Crippen LogP contribution in [0.4, 0.5) is 0 Å². The second-order valence-corrected chi connectivity index (χ2v) is 22.6. The molecule has 0 aliphatic rings. The quantitative estimate of drug-likeness (QED) is 0.0405. The van der Waals surface area contributed by atoms with E-state index in [4.69, 9.17) is 0 Å². The van der Waals surface area contributed by atoms with Crippen LogP contribution < -0.4 is 29.4 Å². The summed E-state index contributed by atoms with van der Waals surface area (Å²) in [6, 6.07) is 0. The monoisotopic (exact) mass is 1260 g/mol. The van der Waals surface area contributed by atoms with E-state index in [1.807, 2.05) is 0 Å². The third kappa shape index (κ3) is 82.6. The van der Waals surface area contributed by atoms with Crippen LogP contribution in [-0.4, -0.2) is 39.6 Å². The molecule has 0 spiro atoms. The van der Waals surface area contributed by atoms with Crippen LogP contribution in [0.25, 0.3) is 0 Å². The molecular weight excluding hydrogens is 1150 g/mol. The Morgan fingerprint density at radius 2 is 0.370 bits per heavy atom. The van der Waals surface area contributed by atoms with E-state index < -0.39 is 49.5 Å². The molecular formula is C48H108MoO18P6. The van der Waals surface area contributed by atoms with Gasteiger partial charge in [0.25, 0.3) is 0 Å². The number of hydrogen-bond donors (Lipinski definition) is 0. The molecule has 0 heterocycles. The molecule has 0 rings (SSSR count). The van der Waals surface area contributed by atoms with E-state index in [2.05, 4.69) is 110 Å². The average Bonchev–Trinajstić information content (AvgIpc) is 3.35. The van der Waals surface area contributed by atoms with Crippen molar-refractivity contribution in [3.63, 3.8) is 0 Å². The van der Waals surface area contributed by atoms with Crippen molar-refractivity contribution in [1.29, 1.82) is 0 Å². The topological polar surface area (TPSA) is 296 Å². The first kappa shape index (κ1) is 88.4. The maximum Gasteiger partial charge on any atom is 6.00 e. The molecule has 18 nitrogen and oxygen atoms in total. The van der Waals surface area contributed by atoms with Crippen molar-refractivity contribution >= 4 is 49.5 Å². The van der Waals surface area contributed by atoms with E-state index in [0.717, 1.165) is 154 Å². The first-order chi connectivity index (χ1) is 34.2. The van der Waals surface area contributed by atoms with Crippen LogP contribution in [0.5, 0.6) is 0 Å². The van der Waals surface area contributed by atoms with Gasteiger partial charge in [0.15, 0.2) is 0 Å². The Morgan fingerprint density at radius 3 is 0.438 bits per heavy atom. The molecule has 0 saturated heterocycles. The predicted molar refractivity (Wildman–Crippen MR) is 290 cm³/mol. The van der Waals surface area contributed by atoms with E-state index in [9.17, 15) is 56.8 Å². The van der Waals surface area contributed by atoms with Gasteiger partial charge in [0.05, 0.1) is 39.6 Å². The summed E-state index contributed by atoms with van der Waals surface area (Å²) in [5, 5.41) is 0. The van der Waals surface area contributed by atoms with E-state index in [1.54, 1.807) is 0 Å². The van der Waals surface area contributed by atoms with E-state index in [1.165, 1.54) is 0 Å². The SMILES string of the molecule is CCCCC(CC)CO[PH](=O)[O-].CCCCC(CC)CO[PH](=O)[O-].CCCCC(CC)CO[PH](=O)[O-].CCCCC(CC)CO[PH](=O)[O-].CCCCC(CC)CO[PH](=O)[O-].CCCCC(CC)CO[PH](=O)[O-].[Mo+6]. The van der Waals surface area contributed by atoms with Crippen molar-refractivity contribution in [1.82, 2.24) is 0 Å². The van der Waals surface area contributed by atoms with Gasteiger partial charge < -0.3 is 83.9 Å². The van der Waals surface area contributed by atoms with Crippen LogP contribution in [0.2, 0.25) is 0 Å². The zero-order chi connectivity index (χ0) is 56.4. The van der Waals surface area contributed by atoms with Gasteiger partial charge in [-0.2, -0.15) is 0 Å². The average molecular weight is 1260 g/mol. The van der Waals surface area contributed by atoms with Gasteiger partial charge in [-0.15, -0.1) is 0 Å². The Bertz CT molecular complexity index is 1010. The molecule has 0 N–H and O–H groups in total. The minimum atomic E-state index is -2.96. The smallest absolute Gasteiger partial charge is 0.781 e. The molecule has 0 aromatic heterocycles. The van der Waals surface area contributed by atoms with Crippen LogP contribution in [-0.2, 0) is 75.6 Å². The molecule has 0 bridgehead atoms. The Kier molecular flexibility index (Phi) is 86.7. The third-order valence-corrected chi connectivity index (χ3v) is 14.3. The number of unbranched alkanes of at least 4 members (excludes halogenated alkanes) is 6. The predicted octanol–water partition coefficient (Wildman–Crippen LogP) is 11.8. The maximum atomic E-state index is 10.1. The molecule has 73 heavy (non-hydrogen) atoms. The molecule has 25 heteroatoms. The molecule has 0 aromatic rings. The molecule has 12 unspecified atom stereocenters. The van der Waals surface area contributed by atoms with Gasteiger partial charge in [-0.05, 0) is 74.0 Å². The first-order valence-electron chi connectivity index (χ1n) is 27.2. The van der Waals surface area contributed by atoms with E-state index >= 15 is 0 Å². The maximum absolute atomic E-state index is 10.1. The van der Waals surface area contributed by atoms with Gasteiger partial charge in [-0.3, -0.25) is 0 Å². The molecule has 0 saturated carbocycles. The van der Waals surface area contributed by atoms with Crippen LogP contribution in [0, 0.1) is 35.5 Å². The van der Waals surface area contributed by atoms with Gasteiger partial charge >= 0.3 is 21.1 Å². The third-order valence-electron chi connectivity index (χ3n) is 11.9. The summed E-state index contributed by atoms with van der Waals surface area (Å²) in [5.74, 6) is 2.46. The van der Waals surface area contributed by atoms with Crippen LogP contribution in [0.15, 0.2) is 0 Å². The van der Waals surface area contributed by atoms with Crippen LogP contribution in [0.3, 0.4) is 0 Å². The number of hydrogen-bond acceptors (Lipinski definition) is 18. The summed E-state index contributed by atoms with van der Waals surface area (Å²) >= 11 is 0. The Labute approximate surface area is 464 Å². The fourth-order valence-corrected chi connectivity index (χ4v) is 8.73. The molecule has 0 aromatic carbocycles. The van der Waals surface area contributed by atoms with Gasteiger partial charge in [0, 0.05) is 0 Å². The second-order valence-electron chi connectivity index (χ2n) is 17.9. The van der Waals surface area contributed by atoms with E-state index in [0.29, 0.717) is 75.1 Å². The first-order valence-corrected chi connectivity index (χ1v) is 34.6. The molecule has 0 aliphatic carbocycles. The summed E-state index contributed by atoms with van der Waals surface area (Å²) in [4.78, 5) is 60.9. The summed E-state index contributed by atoms with van der Waals surface area (Å²) in [5.41, 5.74) is 0.